The number of aryl methyl sites for hydroxylation is 1. The Bertz CT molecular complexity index is 537. The van der Waals surface area contributed by atoms with Crippen molar-refractivity contribution in [2.45, 2.75) is 6.54 Å². The number of hydrogen-bond donors (Lipinski definition) is 1. The summed E-state index contributed by atoms with van der Waals surface area (Å²) in [6.45, 7) is 0.710. The molecule has 2 aromatic rings. The van der Waals surface area contributed by atoms with Gasteiger partial charge in [0, 0.05) is 23.4 Å². The smallest absolute Gasteiger partial charge is 0.0835 e. The van der Waals surface area contributed by atoms with E-state index < -0.39 is 0 Å². The molecule has 2 rings (SSSR count). The summed E-state index contributed by atoms with van der Waals surface area (Å²) in [5.41, 5.74) is 2.01. The molecule has 5 heteroatoms. The molecular formula is C12H11BrCl2N2. The fraction of sp³-hybridized carbons (Fsp3) is 0.167. The van der Waals surface area contributed by atoms with Crippen LogP contribution in [0.2, 0.25) is 10.0 Å². The highest BCUT2D eigenvalue weighted by Gasteiger charge is 2.08. The van der Waals surface area contributed by atoms with Crippen LogP contribution in [0.4, 0.5) is 5.69 Å². The molecule has 0 aliphatic rings. The van der Waals surface area contributed by atoms with Crippen molar-refractivity contribution in [2.75, 3.05) is 5.32 Å². The van der Waals surface area contributed by atoms with Gasteiger partial charge >= 0.3 is 0 Å². The van der Waals surface area contributed by atoms with E-state index in [1.54, 1.807) is 0 Å². The van der Waals surface area contributed by atoms with Gasteiger partial charge in [0.2, 0.25) is 0 Å². The normalized spacial score (nSPS) is 10.6. The zero-order valence-electron chi connectivity index (χ0n) is 9.17. The molecule has 90 valence electrons. The van der Waals surface area contributed by atoms with E-state index in [0.29, 0.717) is 16.6 Å². The average molecular weight is 334 g/mol. The number of halogens is 3. The lowest BCUT2D eigenvalue weighted by atomic mass is 10.3. The van der Waals surface area contributed by atoms with Crippen LogP contribution in [-0.4, -0.2) is 4.57 Å². The lowest BCUT2D eigenvalue weighted by Gasteiger charge is -2.11. The molecule has 0 bridgehead atoms. The van der Waals surface area contributed by atoms with Crippen LogP contribution in [0.5, 0.6) is 0 Å². The number of benzene rings is 1. The second-order valence-corrected chi connectivity index (χ2v) is 5.30. The molecule has 1 aromatic carbocycles. The highest BCUT2D eigenvalue weighted by molar-refractivity contribution is 9.10. The monoisotopic (exact) mass is 332 g/mol. The maximum Gasteiger partial charge on any atom is 0.0835 e. The van der Waals surface area contributed by atoms with Gasteiger partial charge in [-0.05, 0) is 40.2 Å². The maximum atomic E-state index is 6.15. The zero-order chi connectivity index (χ0) is 12.4. The van der Waals surface area contributed by atoms with E-state index >= 15 is 0 Å². The Balaban J connectivity index is 2.15. The van der Waals surface area contributed by atoms with Crippen LogP contribution < -0.4 is 5.32 Å². The summed E-state index contributed by atoms with van der Waals surface area (Å²) in [7, 11) is 2.01. The van der Waals surface area contributed by atoms with Crippen molar-refractivity contribution in [2.24, 2.45) is 7.05 Å². The first-order valence-electron chi connectivity index (χ1n) is 5.07. The Hall–Kier alpha value is -0.640. The minimum absolute atomic E-state index is 0.531. The van der Waals surface area contributed by atoms with Crippen molar-refractivity contribution in [3.8, 4) is 0 Å². The summed E-state index contributed by atoms with van der Waals surface area (Å²) in [6.07, 6.45) is 2.01. The van der Waals surface area contributed by atoms with Crippen LogP contribution in [0, 0.1) is 0 Å². The van der Waals surface area contributed by atoms with Crippen LogP contribution in [0.25, 0.3) is 0 Å². The second-order valence-electron chi connectivity index (χ2n) is 3.69. The fourth-order valence-corrected chi connectivity index (χ4v) is 2.37. The standard InChI is InChI=1S/C12H11BrCl2N2/c1-17-6-2-3-8(17)7-16-10-5-4-9(13)11(14)12(10)15/h2-6,16H,7H2,1H3. The molecule has 0 aliphatic heterocycles. The van der Waals surface area contributed by atoms with Gasteiger partial charge in [-0.3, -0.25) is 0 Å². The number of nitrogens with zero attached hydrogens (tertiary/aromatic N) is 1. The molecule has 0 spiro atoms. The molecule has 1 N–H and O–H groups in total. The molecule has 0 amide bonds. The largest absolute Gasteiger partial charge is 0.378 e. The van der Waals surface area contributed by atoms with Gasteiger partial charge in [0.25, 0.3) is 0 Å². The van der Waals surface area contributed by atoms with Gasteiger partial charge < -0.3 is 9.88 Å². The van der Waals surface area contributed by atoms with Crippen molar-refractivity contribution in [1.82, 2.24) is 4.57 Å². The van der Waals surface area contributed by atoms with Crippen LogP contribution in [0.15, 0.2) is 34.9 Å². The van der Waals surface area contributed by atoms with E-state index in [9.17, 15) is 0 Å². The molecule has 0 radical (unpaired) electrons. The number of hydrogen-bond acceptors (Lipinski definition) is 1. The van der Waals surface area contributed by atoms with Crippen molar-refractivity contribution >= 4 is 44.8 Å². The minimum atomic E-state index is 0.531. The number of rotatable bonds is 3. The molecule has 1 heterocycles. The summed E-state index contributed by atoms with van der Waals surface area (Å²) >= 11 is 15.5. The third-order valence-electron chi connectivity index (χ3n) is 2.55. The van der Waals surface area contributed by atoms with Gasteiger partial charge in [0.05, 0.1) is 22.3 Å². The van der Waals surface area contributed by atoms with E-state index in [1.807, 2.05) is 31.4 Å². The van der Waals surface area contributed by atoms with Crippen LogP contribution >= 0.6 is 39.1 Å². The summed E-state index contributed by atoms with van der Waals surface area (Å²) in [5, 5.41) is 4.33. The van der Waals surface area contributed by atoms with Gasteiger partial charge in [-0.2, -0.15) is 0 Å². The molecule has 2 nitrogen and oxygen atoms in total. The van der Waals surface area contributed by atoms with Crippen molar-refractivity contribution in [3.63, 3.8) is 0 Å². The molecule has 0 saturated heterocycles. The molecule has 0 aliphatic carbocycles. The van der Waals surface area contributed by atoms with Crippen LogP contribution in [0.1, 0.15) is 5.69 Å². The third-order valence-corrected chi connectivity index (χ3v) is 4.32. The molecule has 17 heavy (non-hydrogen) atoms. The minimum Gasteiger partial charge on any atom is -0.378 e. The van der Waals surface area contributed by atoms with Crippen molar-refractivity contribution < 1.29 is 0 Å². The summed E-state index contributed by atoms with van der Waals surface area (Å²) in [4.78, 5) is 0. The fourth-order valence-electron chi connectivity index (χ4n) is 1.53. The van der Waals surface area contributed by atoms with E-state index in [0.717, 1.165) is 10.2 Å². The highest BCUT2D eigenvalue weighted by atomic mass is 79.9. The lowest BCUT2D eigenvalue weighted by molar-refractivity contribution is 0.842. The Morgan fingerprint density at radius 1 is 1.24 bits per heavy atom. The molecule has 0 saturated carbocycles. The Morgan fingerprint density at radius 3 is 2.65 bits per heavy atom. The van der Waals surface area contributed by atoms with E-state index in [4.69, 9.17) is 23.2 Å². The number of nitrogens with one attached hydrogen (secondary N) is 1. The first kappa shape index (κ1) is 12.8. The Labute approximate surface area is 119 Å². The van der Waals surface area contributed by atoms with Crippen LogP contribution in [-0.2, 0) is 13.6 Å². The van der Waals surface area contributed by atoms with E-state index in [-0.39, 0.29) is 0 Å². The number of anilines is 1. The molecular weight excluding hydrogens is 323 g/mol. The highest BCUT2D eigenvalue weighted by Crippen LogP contribution is 2.35. The number of aromatic nitrogens is 1. The average Bonchev–Trinajstić information content (AvgIpc) is 2.71. The summed E-state index contributed by atoms with van der Waals surface area (Å²) < 4.78 is 2.86. The third kappa shape index (κ3) is 2.79. The molecule has 0 unspecified atom stereocenters. The second kappa shape index (κ2) is 5.34. The topological polar surface area (TPSA) is 17.0 Å². The SMILES string of the molecule is Cn1cccc1CNc1ccc(Br)c(Cl)c1Cl. The predicted octanol–water partition coefficient (Wildman–Crippen LogP) is 4.71. The molecule has 0 atom stereocenters. The van der Waals surface area contributed by atoms with Crippen molar-refractivity contribution in [1.29, 1.82) is 0 Å². The van der Waals surface area contributed by atoms with Gasteiger partial charge in [0.15, 0.2) is 0 Å². The quantitative estimate of drug-likeness (QED) is 0.805. The van der Waals surface area contributed by atoms with Gasteiger partial charge in [-0.15, -0.1) is 0 Å². The molecule has 1 aromatic heterocycles. The molecule has 0 fully saturated rings. The van der Waals surface area contributed by atoms with Gasteiger partial charge in [0.1, 0.15) is 0 Å². The van der Waals surface area contributed by atoms with Crippen molar-refractivity contribution in [3.05, 3.63) is 50.7 Å². The zero-order valence-corrected chi connectivity index (χ0v) is 12.3. The Morgan fingerprint density at radius 2 is 2.00 bits per heavy atom. The first-order valence-corrected chi connectivity index (χ1v) is 6.62. The van der Waals surface area contributed by atoms with Crippen LogP contribution in [0.3, 0.4) is 0 Å². The Kier molecular flexibility index (Phi) is 4.02. The first-order chi connectivity index (χ1) is 8.09. The van der Waals surface area contributed by atoms with Gasteiger partial charge in [-0.25, -0.2) is 0 Å². The van der Waals surface area contributed by atoms with E-state index in [2.05, 4.69) is 31.9 Å². The summed E-state index contributed by atoms with van der Waals surface area (Å²) in [6, 6.07) is 7.84. The van der Waals surface area contributed by atoms with E-state index in [1.165, 1.54) is 5.69 Å². The predicted molar refractivity (Wildman–Crippen MR) is 76.9 cm³/mol. The van der Waals surface area contributed by atoms with Gasteiger partial charge in [-0.1, -0.05) is 23.2 Å². The lowest BCUT2D eigenvalue weighted by Crippen LogP contribution is -2.04. The summed E-state index contributed by atoms with van der Waals surface area (Å²) in [5.74, 6) is 0. The maximum absolute atomic E-state index is 6.15.